The topological polar surface area (TPSA) is 417 Å². The summed E-state index contributed by atoms with van der Waals surface area (Å²) in [5.74, 6) is -3.43. The average molecular weight is 1710 g/mol. The third-order valence-corrected chi connectivity index (χ3v) is 32.8. The van der Waals surface area contributed by atoms with Crippen molar-refractivity contribution in [2.24, 2.45) is 92.7 Å². The normalized spacial score (nSPS) is 30.8. The molecule has 6 aromatic carbocycles. The number of ether oxygens (including phenoxy) is 6. The van der Waals surface area contributed by atoms with Gasteiger partial charge in [-0.25, -0.2) is 28.8 Å². The maximum atomic E-state index is 14.7. The smallest absolute Gasteiger partial charge is 0.338 e. The molecular weight excluding hydrogens is 1610 g/mol. The van der Waals surface area contributed by atoms with Gasteiger partial charge in [-0.15, -0.1) is 0 Å². The predicted molar refractivity (Wildman–Crippen MR) is 447 cm³/mol. The molecule has 0 saturated heterocycles. The molecule has 6 aromatic rings. The van der Waals surface area contributed by atoms with Gasteiger partial charge in [0, 0.05) is 107 Å². The van der Waals surface area contributed by atoms with E-state index in [-0.39, 0.29) is 139 Å². The van der Waals surface area contributed by atoms with Crippen LogP contribution in [-0.4, -0.2) is 113 Å². The molecule has 0 radical (unpaired) electrons. The van der Waals surface area contributed by atoms with Gasteiger partial charge in [0.2, 0.25) is 0 Å². The number of carbonyl (C=O) groups excluding carboxylic acids is 6. The molecule has 0 N–H and O–H groups in total. The van der Waals surface area contributed by atoms with Gasteiger partial charge in [-0.05, 0) is 258 Å². The number of non-ortho nitro benzene ring substituents is 6. The number of rotatable bonds is 29. The highest BCUT2D eigenvalue weighted by Crippen LogP contribution is 2.72. The van der Waals surface area contributed by atoms with Crippen molar-refractivity contribution in [3.63, 3.8) is 0 Å². The molecular formula is C90H100N6O24S2. The molecule has 22 atom stereocenters. The van der Waals surface area contributed by atoms with Crippen LogP contribution in [0.3, 0.4) is 0 Å². The number of fused-ring (bicyclic) bond motifs is 10. The Morgan fingerprint density at radius 2 is 0.598 bits per heavy atom. The van der Waals surface area contributed by atoms with Crippen LogP contribution >= 0.6 is 21.6 Å². The zero-order valence-electron chi connectivity index (χ0n) is 68.7. The van der Waals surface area contributed by atoms with Gasteiger partial charge in [-0.1, -0.05) is 63.1 Å². The van der Waals surface area contributed by atoms with E-state index in [1.165, 1.54) is 146 Å². The molecule has 30 nitrogen and oxygen atoms in total. The second-order valence-corrected chi connectivity index (χ2v) is 38.7. The number of nitro benzene ring substituents is 6. The molecule has 32 heteroatoms. The molecule has 0 aliphatic heterocycles. The molecule has 8 aliphatic rings. The van der Waals surface area contributed by atoms with Crippen molar-refractivity contribution in [3.8, 4) is 0 Å². The molecule has 0 amide bonds. The van der Waals surface area contributed by atoms with E-state index in [1.807, 2.05) is 0 Å². The summed E-state index contributed by atoms with van der Waals surface area (Å²) < 4.78 is 39.4. The summed E-state index contributed by atoms with van der Waals surface area (Å²) in [6.45, 7) is 13.4. The Balaban J connectivity index is 0.665. The second kappa shape index (κ2) is 36.0. The van der Waals surface area contributed by atoms with E-state index in [1.54, 1.807) is 21.6 Å². The molecule has 0 unspecified atom stereocenters. The van der Waals surface area contributed by atoms with Gasteiger partial charge in [0.1, 0.15) is 36.6 Å². The van der Waals surface area contributed by atoms with Crippen molar-refractivity contribution in [1.82, 2.24) is 0 Å². The largest absolute Gasteiger partial charge is 0.459 e. The monoisotopic (exact) mass is 1710 g/mol. The van der Waals surface area contributed by atoms with Gasteiger partial charge in [0.25, 0.3) is 34.1 Å². The van der Waals surface area contributed by atoms with E-state index in [2.05, 4.69) is 41.5 Å². The highest BCUT2D eigenvalue weighted by Gasteiger charge is 2.70. The SMILES string of the molecule is C[C@H](CCCSSCCC[C@@H](C)[C@H]1CC[C@H]2[C@@H]3[C@H](OC(=O)c4ccc([N+](=O)[O-])cc4)C[C@@H]4C[C@H](OC(=O)c5ccc([N+](=O)[O-])cc5)CC[C@]4(C)[C@H]3C[C@H](OC(=O)c3ccc([N+](=O)[O-])cc3)[C@]12C)[C@H]1CC[C@H]2[C@@H]3[C@H](OC(=O)c4ccc([N+](=O)[O-])cc4)C[C@@H]4C[C@H](OC(=O)c5ccc([N+](=O)[O-])cc5)CC[C@]4(C)[C@H]3C[C@H](OC(=O)c3ccc([N+](=O)[O-])cc3)[C@]12C. The van der Waals surface area contributed by atoms with Crippen LogP contribution in [0.15, 0.2) is 146 Å². The van der Waals surface area contributed by atoms with Crippen LogP contribution in [0, 0.1) is 153 Å². The maximum absolute atomic E-state index is 14.7. The molecule has 0 aromatic heterocycles. The fourth-order valence-electron chi connectivity index (χ4n) is 23.9. The predicted octanol–water partition coefficient (Wildman–Crippen LogP) is 19.8. The first kappa shape index (κ1) is 87.6. The van der Waals surface area contributed by atoms with Crippen LogP contribution in [0.1, 0.15) is 219 Å². The van der Waals surface area contributed by atoms with Crippen LogP contribution in [0.2, 0.25) is 0 Å². The first-order valence-corrected chi connectivity index (χ1v) is 44.6. The first-order chi connectivity index (χ1) is 58.2. The van der Waals surface area contributed by atoms with Crippen molar-refractivity contribution >= 4 is 91.5 Å². The van der Waals surface area contributed by atoms with Crippen molar-refractivity contribution in [3.05, 3.63) is 240 Å². The minimum atomic E-state index is -0.683. The summed E-state index contributed by atoms with van der Waals surface area (Å²) in [5, 5.41) is 69.9. The van der Waals surface area contributed by atoms with Crippen LogP contribution in [0.25, 0.3) is 0 Å². The van der Waals surface area contributed by atoms with E-state index in [9.17, 15) is 89.5 Å². The number of nitrogens with zero attached hydrogens (tertiary/aromatic N) is 6. The summed E-state index contributed by atoms with van der Waals surface area (Å²) in [6, 6.07) is 31.6. The fourth-order valence-corrected chi connectivity index (χ4v) is 26.2. The molecule has 0 bridgehead atoms. The molecule has 8 saturated carbocycles. The number of nitro groups is 6. The van der Waals surface area contributed by atoms with Crippen molar-refractivity contribution < 1.29 is 86.7 Å². The summed E-state index contributed by atoms with van der Waals surface area (Å²) in [4.78, 5) is 152. The quantitative estimate of drug-likeness (QED) is 0.0105. The number of hydrogen-bond acceptors (Lipinski definition) is 26. The molecule has 122 heavy (non-hydrogen) atoms. The molecule has 14 rings (SSSR count). The van der Waals surface area contributed by atoms with Crippen molar-refractivity contribution in [2.45, 2.75) is 194 Å². The summed E-state index contributed by atoms with van der Waals surface area (Å²) in [5.41, 5.74) is -2.51. The highest BCUT2D eigenvalue weighted by molar-refractivity contribution is 8.76. The lowest BCUT2D eigenvalue weighted by atomic mass is 9.43. The van der Waals surface area contributed by atoms with Crippen LogP contribution in [0.5, 0.6) is 0 Å². The van der Waals surface area contributed by atoms with Gasteiger partial charge >= 0.3 is 35.8 Å². The molecule has 8 fully saturated rings. The standard InChI is InChI=1S/C90H100N6O24S2/c1-51(69-35-37-71-79-73(49-77(89(69,71)5)119-85(101)57-19-31-65(32-20-57)95(111)112)87(3)41-39-67(115-81(97)53-11-23-61(24-12-53)91(103)104)45-59(87)47-75(79)117-83(99)55-15-27-63(28-16-55)93(107)108)9-7-43-121-122-44-8-10-52(2)70-36-38-72-80-74(50-78(90(70,72)6)120-86(102)58-21-33-66(34-22-58)96(113)114)88(4)42-40-68(116-82(98)54-13-25-62(26-14-54)92(105)106)46-60(88)48-76(80)118-84(100)56-17-29-64(30-18-56)94(109)110/h11-34,51-52,59-60,67-80H,7-10,35-50H2,1-6H3/t51-,52-,59+,60+,67-,68-,69-,70-,71+,72+,73+,74+,75-,76-,77+,78+,79+,80+,87+,88+,89-,90-/m1/s1. The van der Waals surface area contributed by atoms with Crippen LogP contribution in [-0.2, 0) is 28.4 Å². The van der Waals surface area contributed by atoms with Gasteiger partial charge < -0.3 is 28.4 Å². The molecule has 0 heterocycles. The van der Waals surface area contributed by atoms with Crippen LogP contribution in [0.4, 0.5) is 34.1 Å². The van der Waals surface area contributed by atoms with Gasteiger partial charge in [-0.3, -0.25) is 60.7 Å². The Labute approximate surface area is 712 Å². The summed E-state index contributed by atoms with van der Waals surface area (Å²) in [7, 11) is 3.61. The van der Waals surface area contributed by atoms with Gasteiger partial charge in [0.05, 0.1) is 62.9 Å². The Bertz CT molecular complexity index is 4680. The lowest BCUT2D eigenvalue weighted by Gasteiger charge is -2.64. The molecule has 8 aliphatic carbocycles. The number of benzene rings is 6. The van der Waals surface area contributed by atoms with E-state index in [4.69, 9.17) is 28.4 Å². The van der Waals surface area contributed by atoms with E-state index in [0.29, 0.717) is 64.2 Å². The van der Waals surface area contributed by atoms with Crippen molar-refractivity contribution in [1.29, 1.82) is 0 Å². The highest BCUT2D eigenvalue weighted by atomic mass is 33.1. The minimum Gasteiger partial charge on any atom is -0.459 e. The number of esters is 6. The zero-order valence-corrected chi connectivity index (χ0v) is 70.3. The fraction of sp³-hybridized carbons (Fsp3) is 0.533. The van der Waals surface area contributed by atoms with Crippen molar-refractivity contribution in [2.75, 3.05) is 11.5 Å². The number of hydrogen-bond donors (Lipinski definition) is 0. The summed E-state index contributed by atoms with van der Waals surface area (Å²) in [6.07, 6.45) is 7.17. The van der Waals surface area contributed by atoms with Gasteiger partial charge in [0.15, 0.2) is 0 Å². The average Bonchev–Trinajstić information content (AvgIpc) is 1.39. The number of carbonyl (C=O) groups is 6. The van der Waals surface area contributed by atoms with Gasteiger partial charge in [-0.2, -0.15) is 0 Å². The molecule has 0 spiro atoms. The maximum Gasteiger partial charge on any atom is 0.338 e. The first-order valence-electron chi connectivity index (χ1n) is 42.1. The zero-order chi connectivity index (χ0) is 87.0. The summed E-state index contributed by atoms with van der Waals surface area (Å²) >= 11 is 0. The Morgan fingerprint density at radius 1 is 0.344 bits per heavy atom. The Morgan fingerprint density at radius 3 is 0.861 bits per heavy atom. The Kier molecular flexibility index (Phi) is 25.8. The van der Waals surface area contributed by atoms with Crippen LogP contribution < -0.4 is 0 Å². The van der Waals surface area contributed by atoms with E-state index < -0.39 is 124 Å². The second-order valence-electron chi connectivity index (χ2n) is 36.0. The third-order valence-electron chi connectivity index (χ3n) is 30.2. The minimum absolute atomic E-state index is 0.0184. The van der Waals surface area contributed by atoms with E-state index in [0.717, 1.165) is 62.9 Å². The lowest BCUT2D eigenvalue weighted by Crippen LogP contribution is -2.63. The Hall–Kier alpha value is -10.8. The molecule has 646 valence electrons. The third kappa shape index (κ3) is 17.5. The van der Waals surface area contributed by atoms with E-state index >= 15 is 0 Å². The lowest BCUT2D eigenvalue weighted by molar-refractivity contribution is -0.385.